The Morgan fingerprint density at radius 3 is 2.32 bits per heavy atom. The van der Waals surface area contributed by atoms with Crippen LogP contribution >= 0.6 is 0 Å². The lowest BCUT2D eigenvalue weighted by molar-refractivity contribution is -0.137. The molecule has 2 fully saturated rings. The van der Waals surface area contributed by atoms with Gasteiger partial charge in [-0.05, 0) is 95.2 Å². The third kappa shape index (κ3) is 6.63. The summed E-state index contributed by atoms with van der Waals surface area (Å²) in [7, 11) is 2.26. The van der Waals surface area contributed by atoms with E-state index in [1.165, 1.54) is 28.5 Å². The molecule has 1 unspecified atom stereocenters. The summed E-state index contributed by atoms with van der Waals surface area (Å²) in [5.74, 6) is 0.0626. The molecule has 0 radical (unpaired) electrons. The Bertz CT molecular complexity index is 1320. The van der Waals surface area contributed by atoms with E-state index in [0.717, 1.165) is 37.8 Å². The number of nitrogens with zero attached hydrogens (tertiary/aromatic N) is 5. The Labute approximate surface area is 241 Å². The first-order valence-corrected chi connectivity index (χ1v) is 14.8. The molecule has 0 spiro atoms. The van der Waals surface area contributed by atoms with Gasteiger partial charge in [0.15, 0.2) is 0 Å². The second-order valence-electron chi connectivity index (χ2n) is 12.5. The predicted octanol–water partition coefficient (Wildman–Crippen LogP) is 1.70. The number of hydrogen-bond acceptors (Lipinski definition) is 7. The molecular formula is C30H44N8O3. The number of urea groups is 1. The van der Waals surface area contributed by atoms with Crippen LogP contribution in [0.3, 0.4) is 0 Å². The molecule has 3 aliphatic rings. The second-order valence-corrected chi connectivity index (χ2v) is 12.5. The van der Waals surface area contributed by atoms with Gasteiger partial charge in [0.2, 0.25) is 5.91 Å². The van der Waals surface area contributed by atoms with Crippen molar-refractivity contribution in [1.82, 2.24) is 24.3 Å². The minimum Gasteiger partial charge on any atom is -0.338 e. The van der Waals surface area contributed by atoms with Crippen LogP contribution in [0.4, 0.5) is 10.6 Å². The van der Waals surface area contributed by atoms with Gasteiger partial charge in [0.1, 0.15) is 5.82 Å². The molecule has 5 N–H and O–H groups in total. The van der Waals surface area contributed by atoms with Gasteiger partial charge in [-0.3, -0.25) is 14.7 Å². The number of fused-ring (bicyclic) bond motifs is 1. The van der Waals surface area contributed by atoms with E-state index < -0.39 is 11.2 Å². The van der Waals surface area contributed by atoms with Crippen LogP contribution in [0.25, 0.3) is 5.69 Å². The fourth-order valence-corrected chi connectivity index (χ4v) is 6.40. The highest BCUT2D eigenvalue weighted by molar-refractivity contribution is 5.89. The maximum atomic E-state index is 12.9. The molecule has 11 heteroatoms. The maximum Gasteiger partial charge on any atom is 0.354 e. The highest BCUT2D eigenvalue weighted by Gasteiger charge is 2.32. The van der Waals surface area contributed by atoms with Crippen molar-refractivity contribution in [2.45, 2.75) is 82.5 Å². The van der Waals surface area contributed by atoms with Crippen LogP contribution < -0.4 is 22.5 Å². The van der Waals surface area contributed by atoms with Gasteiger partial charge in [-0.25, -0.2) is 9.59 Å². The maximum absolute atomic E-state index is 12.9. The van der Waals surface area contributed by atoms with E-state index >= 15 is 0 Å². The first kappa shape index (κ1) is 29.2. The van der Waals surface area contributed by atoms with Gasteiger partial charge >= 0.3 is 11.7 Å². The van der Waals surface area contributed by atoms with Crippen molar-refractivity contribution in [3.05, 3.63) is 52.1 Å². The van der Waals surface area contributed by atoms with Crippen molar-refractivity contribution in [1.29, 1.82) is 0 Å². The van der Waals surface area contributed by atoms with E-state index in [1.54, 1.807) is 35.9 Å². The Hall–Kier alpha value is -3.28. The van der Waals surface area contributed by atoms with E-state index in [2.05, 4.69) is 34.4 Å². The van der Waals surface area contributed by atoms with E-state index in [1.807, 2.05) is 6.07 Å². The zero-order chi connectivity index (χ0) is 29.3. The van der Waals surface area contributed by atoms with E-state index in [-0.39, 0.29) is 17.8 Å². The summed E-state index contributed by atoms with van der Waals surface area (Å²) in [6.45, 7) is 4.93. The molecule has 1 aromatic heterocycles. The molecule has 3 amide bonds. The molecule has 1 saturated carbocycles. The zero-order valence-electron chi connectivity index (χ0n) is 24.5. The Morgan fingerprint density at radius 2 is 1.66 bits per heavy atom. The van der Waals surface area contributed by atoms with Gasteiger partial charge in [0.05, 0.1) is 11.2 Å². The predicted molar refractivity (Wildman–Crippen MR) is 159 cm³/mol. The molecule has 0 bridgehead atoms. The third-order valence-electron chi connectivity index (χ3n) is 9.01. The van der Waals surface area contributed by atoms with Crippen molar-refractivity contribution < 1.29 is 9.59 Å². The number of likely N-dealkylation sites (N-methyl/N-ethyl adjacent to an activating group) is 1. The number of rotatable bonds is 5. The summed E-state index contributed by atoms with van der Waals surface area (Å²) in [6.07, 6.45) is 9.32. The van der Waals surface area contributed by atoms with Crippen LogP contribution in [0, 0.1) is 0 Å². The Morgan fingerprint density at radius 1 is 0.976 bits per heavy atom. The average molecular weight is 565 g/mol. The smallest absolute Gasteiger partial charge is 0.338 e. The minimum absolute atomic E-state index is 0.137. The van der Waals surface area contributed by atoms with Crippen LogP contribution in [0.15, 0.2) is 35.3 Å². The van der Waals surface area contributed by atoms with Crippen molar-refractivity contribution in [3.8, 4) is 5.69 Å². The molecular weight excluding hydrogens is 520 g/mol. The quantitative estimate of drug-likeness (QED) is 0.502. The normalized spacial score (nSPS) is 23.3. The topological polar surface area (TPSA) is 143 Å². The molecule has 2 aliphatic carbocycles. The number of amides is 3. The van der Waals surface area contributed by atoms with Gasteiger partial charge in [0.25, 0.3) is 0 Å². The lowest BCUT2D eigenvalue weighted by Gasteiger charge is -2.40. The fraction of sp³-hybridized carbons (Fsp3) is 0.600. The lowest BCUT2D eigenvalue weighted by Crippen LogP contribution is -2.58. The SMILES string of the molecule is CN(C1CCc2cc(-n3ccc(NC(=O)N4CCN(C(=O)C(C)(C)N)CC4)nc3=O)ccc2C1)[C@H]1CC[C@H](N)CC1. The van der Waals surface area contributed by atoms with Crippen LogP contribution in [-0.4, -0.2) is 93.1 Å². The number of piperazine rings is 1. The van der Waals surface area contributed by atoms with Crippen molar-refractivity contribution in [2.24, 2.45) is 11.5 Å². The van der Waals surface area contributed by atoms with Gasteiger partial charge in [-0.15, -0.1) is 0 Å². The number of carbonyl (C=O) groups excluding carboxylic acids is 2. The summed E-state index contributed by atoms with van der Waals surface area (Å²) in [5.41, 5.74) is 14.0. The van der Waals surface area contributed by atoms with Crippen LogP contribution in [0.2, 0.25) is 0 Å². The largest absolute Gasteiger partial charge is 0.354 e. The van der Waals surface area contributed by atoms with Crippen molar-refractivity contribution >= 4 is 17.8 Å². The highest BCUT2D eigenvalue weighted by atomic mass is 16.2. The standard InChI is InChI=1S/C30H44N8O3/c1-30(2,32)27(39)36-14-16-37(17-15-36)28(40)33-26-12-13-38(29(41)34-26)25-9-5-20-18-24(8-4-21(20)19-25)35(3)23-10-6-22(31)7-11-23/h5,9,12-13,19,22-24H,4,6-8,10-11,14-18,31-32H2,1-3H3,(H,33,34,40,41)/t22-,23-,24?. The molecule has 222 valence electrons. The zero-order valence-corrected chi connectivity index (χ0v) is 24.5. The van der Waals surface area contributed by atoms with E-state index in [4.69, 9.17) is 11.5 Å². The van der Waals surface area contributed by atoms with Gasteiger partial charge in [0, 0.05) is 50.5 Å². The van der Waals surface area contributed by atoms with E-state index in [9.17, 15) is 14.4 Å². The second kappa shape index (κ2) is 11.9. The number of benzene rings is 1. The number of anilines is 1. The first-order valence-electron chi connectivity index (χ1n) is 14.8. The number of nitrogens with one attached hydrogen (secondary N) is 1. The van der Waals surface area contributed by atoms with E-state index in [0.29, 0.717) is 44.3 Å². The van der Waals surface area contributed by atoms with Gasteiger partial charge in [-0.1, -0.05) is 6.07 Å². The molecule has 1 atom stereocenters. The van der Waals surface area contributed by atoms with Crippen LogP contribution in [0.1, 0.15) is 57.1 Å². The Balaban J connectivity index is 1.18. The van der Waals surface area contributed by atoms with Gasteiger partial charge < -0.3 is 26.2 Å². The van der Waals surface area contributed by atoms with Crippen LogP contribution in [-0.2, 0) is 17.6 Å². The summed E-state index contributed by atoms with van der Waals surface area (Å²) in [5, 5.41) is 2.72. The molecule has 11 nitrogen and oxygen atoms in total. The number of hydrogen-bond donors (Lipinski definition) is 3. The van der Waals surface area contributed by atoms with Crippen molar-refractivity contribution in [3.63, 3.8) is 0 Å². The number of aryl methyl sites for hydroxylation is 1. The Kier molecular flexibility index (Phi) is 8.49. The number of carbonyl (C=O) groups is 2. The fourth-order valence-electron chi connectivity index (χ4n) is 6.40. The summed E-state index contributed by atoms with van der Waals surface area (Å²) >= 11 is 0. The summed E-state index contributed by atoms with van der Waals surface area (Å²) in [4.78, 5) is 48.1. The third-order valence-corrected chi connectivity index (χ3v) is 9.01. The molecule has 1 aliphatic heterocycles. The summed E-state index contributed by atoms with van der Waals surface area (Å²) < 4.78 is 1.51. The highest BCUT2D eigenvalue weighted by Crippen LogP contribution is 2.30. The van der Waals surface area contributed by atoms with Crippen molar-refractivity contribution in [2.75, 3.05) is 38.5 Å². The first-order chi connectivity index (χ1) is 19.5. The minimum atomic E-state index is -0.945. The molecule has 2 heterocycles. The molecule has 1 saturated heterocycles. The lowest BCUT2D eigenvalue weighted by atomic mass is 9.84. The molecule has 41 heavy (non-hydrogen) atoms. The molecule has 2 aromatic rings. The number of nitrogens with two attached hydrogens (primary N) is 2. The van der Waals surface area contributed by atoms with Crippen LogP contribution in [0.5, 0.6) is 0 Å². The molecule has 5 rings (SSSR count). The summed E-state index contributed by atoms with van der Waals surface area (Å²) in [6, 6.07) is 8.99. The average Bonchev–Trinajstić information content (AvgIpc) is 2.96. The molecule has 1 aromatic carbocycles. The monoisotopic (exact) mass is 564 g/mol. The number of aromatic nitrogens is 2. The van der Waals surface area contributed by atoms with Gasteiger partial charge in [-0.2, -0.15) is 4.98 Å².